The molecule has 1 saturated heterocycles. The third-order valence-corrected chi connectivity index (χ3v) is 13.0. The molecule has 13 heteroatoms. The average molecular weight is 855 g/mol. The van der Waals surface area contributed by atoms with Crippen molar-refractivity contribution >= 4 is 29.7 Å². The smallest absolute Gasteiger partial charge is 0.407 e. The molecule has 8 atom stereocenters. The third-order valence-electron chi connectivity index (χ3n) is 13.0. The molecular weight excluding hydrogens is 789 g/mol. The molecule has 62 heavy (non-hydrogen) atoms. The molecule has 2 aliphatic rings. The van der Waals surface area contributed by atoms with E-state index in [0.29, 0.717) is 25.8 Å². The molecule has 0 spiro atoms. The van der Waals surface area contributed by atoms with E-state index in [1.807, 2.05) is 82.3 Å². The average Bonchev–Trinajstić information content (AvgIpc) is 3.90. The molecule has 1 aliphatic heterocycles. The summed E-state index contributed by atoms with van der Waals surface area (Å²) in [7, 11) is 5.96. The highest BCUT2D eigenvalue weighted by atomic mass is 16.5. The van der Waals surface area contributed by atoms with E-state index in [2.05, 4.69) is 40.2 Å². The molecule has 3 N–H and O–H groups in total. The number of carbonyl (C=O) groups excluding carboxylic acids is 5. The van der Waals surface area contributed by atoms with Crippen molar-refractivity contribution in [1.29, 1.82) is 0 Å². The van der Waals surface area contributed by atoms with Crippen molar-refractivity contribution in [1.82, 2.24) is 20.9 Å². The van der Waals surface area contributed by atoms with E-state index in [1.54, 1.807) is 18.9 Å². The number of nitrogens with zero attached hydrogens (tertiary/aromatic N) is 1. The molecule has 1 aliphatic carbocycles. The molecule has 0 radical (unpaired) electrons. The van der Waals surface area contributed by atoms with E-state index < -0.39 is 59.8 Å². The Morgan fingerprint density at radius 1 is 0.839 bits per heavy atom. The minimum absolute atomic E-state index is 0.0880. The quantitative estimate of drug-likeness (QED) is 0.107. The van der Waals surface area contributed by atoms with Gasteiger partial charge in [-0.3, -0.25) is 14.4 Å². The highest BCUT2D eigenvalue weighted by molar-refractivity contribution is 5.93. The summed E-state index contributed by atoms with van der Waals surface area (Å²) < 4.78 is 23.0. The molecule has 0 bridgehead atoms. The van der Waals surface area contributed by atoms with E-state index in [-0.39, 0.29) is 48.9 Å². The lowest BCUT2D eigenvalue weighted by atomic mass is 9.76. The minimum atomic E-state index is -1.25. The van der Waals surface area contributed by atoms with Gasteiger partial charge in [-0.1, -0.05) is 120 Å². The van der Waals surface area contributed by atoms with Crippen molar-refractivity contribution in [2.75, 3.05) is 41.5 Å². The van der Waals surface area contributed by atoms with Crippen molar-refractivity contribution in [3.8, 4) is 11.1 Å². The zero-order valence-electron chi connectivity index (χ0n) is 37.8. The number of ketones is 1. The van der Waals surface area contributed by atoms with Crippen molar-refractivity contribution in [3.63, 3.8) is 0 Å². The zero-order chi connectivity index (χ0) is 45.1. The predicted molar refractivity (Wildman–Crippen MR) is 237 cm³/mol. The number of fused-ring (bicyclic) bond motifs is 3. The van der Waals surface area contributed by atoms with Gasteiger partial charge in [0, 0.05) is 40.0 Å². The molecule has 3 aromatic carbocycles. The molecule has 336 valence electrons. The Bertz CT molecular complexity index is 1960. The maximum Gasteiger partial charge on any atom is 0.407 e. The van der Waals surface area contributed by atoms with Crippen molar-refractivity contribution in [2.24, 2.45) is 17.8 Å². The number of nitrogens with one attached hydrogen (secondary N) is 3. The summed E-state index contributed by atoms with van der Waals surface area (Å²) in [6.07, 6.45) is -0.455. The number of rotatable bonds is 21. The van der Waals surface area contributed by atoms with Gasteiger partial charge in [-0.05, 0) is 59.0 Å². The number of amides is 3. The van der Waals surface area contributed by atoms with Crippen LogP contribution in [0.4, 0.5) is 4.79 Å². The molecule has 0 unspecified atom stereocenters. The van der Waals surface area contributed by atoms with Crippen LogP contribution >= 0.6 is 0 Å². The summed E-state index contributed by atoms with van der Waals surface area (Å²) in [6, 6.07) is 23.1. The molecule has 3 aromatic rings. The van der Waals surface area contributed by atoms with E-state index in [0.717, 1.165) is 27.8 Å². The molecule has 13 nitrogen and oxygen atoms in total. The zero-order valence-corrected chi connectivity index (χ0v) is 37.8. The Hall–Kier alpha value is -5.11. The SMILES string of the molecule is CC[C@H](C)[C@@H]([C@@H](CC(=O)[C@@]1([C@H](OC)[C@@H](C)C(=O)N[C@@H](Cc2ccccc2)C(=O)OC)CCCN1)OC)N(C)C(=O)[C@@H](NC(=O)OCC1c2ccccc2-c2ccccc21)C(C)C. The van der Waals surface area contributed by atoms with Gasteiger partial charge in [0.05, 0.1) is 31.3 Å². The van der Waals surface area contributed by atoms with Gasteiger partial charge in [0.2, 0.25) is 11.8 Å². The first-order chi connectivity index (χ1) is 29.7. The molecule has 1 heterocycles. The summed E-state index contributed by atoms with van der Waals surface area (Å²) in [5.74, 6) is -2.99. The first kappa shape index (κ1) is 47.9. The standard InChI is InChI=1S/C49H66N4O9/c1-10-31(4)43(53(6)46(56)42(30(2)3)52-48(58)62-29-38-36-23-16-14-21-34(36)35-22-15-17-24-37(35)38)40(59-7)28-41(54)49(25-18-26-50-49)44(60-8)32(5)45(55)51-39(47(57)61-9)27-33-19-12-11-13-20-33/h11-17,19-24,30-32,38-40,42-44,50H,10,18,25-29H2,1-9H3,(H,51,55)(H,52,58)/t31-,32+,39-,40+,42-,43-,44+,49+/m0/s1. The number of esters is 1. The Labute approximate surface area is 367 Å². The van der Waals surface area contributed by atoms with E-state index in [4.69, 9.17) is 18.9 Å². The molecule has 1 fully saturated rings. The number of carbonyl (C=O) groups is 5. The van der Waals surface area contributed by atoms with Crippen LogP contribution in [0.15, 0.2) is 78.9 Å². The van der Waals surface area contributed by atoms with Crippen LogP contribution in [0.25, 0.3) is 11.1 Å². The largest absolute Gasteiger partial charge is 0.467 e. The molecule has 0 saturated carbocycles. The number of methoxy groups -OCH3 is 3. The van der Waals surface area contributed by atoms with Crippen molar-refractivity contribution in [2.45, 2.75) is 109 Å². The van der Waals surface area contributed by atoms with Crippen LogP contribution in [0.1, 0.15) is 82.9 Å². The summed E-state index contributed by atoms with van der Waals surface area (Å²) in [4.78, 5) is 71.1. The van der Waals surface area contributed by atoms with Crippen LogP contribution < -0.4 is 16.0 Å². The number of alkyl carbamates (subject to hydrolysis) is 1. The fourth-order valence-corrected chi connectivity index (χ4v) is 9.46. The van der Waals surface area contributed by atoms with Gasteiger partial charge >= 0.3 is 12.1 Å². The maximum absolute atomic E-state index is 14.8. The van der Waals surface area contributed by atoms with Gasteiger partial charge in [0.1, 0.15) is 24.2 Å². The van der Waals surface area contributed by atoms with E-state index in [1.165, 1.54) is 21.3 Å². The number of ether oxygens (including phenoxy) is 4. The van der Waals surface area contributed by atoms with Crippen LogP contribution in [0, 0.1) is 17.8 Å². The normalized spacial score (nSPS) is 19.2. The Morgan fingerprint density at radius 3 is 1.98 bits per heavy atom. The van der Waals surface area contributed by atoms with Crippen LogP contribution in [-0.2, 0) is 44.5 Å². The fourth-order valence-electron chi connectivity index (χ4n) is 9.46. The first-order valence-electron chi connectivity index (χ1n) is 21.9. The number of Topliss-reactive ketones (excluding diaryl/α,β-unsaturated/α-hetero) is 1. The van der Waals surface area contributed by atoms with Gasteiger partial charge in [0.15, 0.2) is 5.78 Å². The number of hydrogen-bond acceptors (Lipinski definition) is 10. The summed E-state index contributed by atoms with van der Waals surface area (Å²) in [5, 5.41) is 9.11. The fraction of sp³-hybridized carbons (Fsp3) is 0.531. The molecule has 3 amide bonds. The second kappa shape index (κ2) is 21.8. The van der Waals surface area contributed by atoms with Gasteiger partial charge in [-0.25, -0.2) is 9.59 Å². The number of hydrogen-bond donors (Lipinski definition) is 3. The van der Waals surface area contributed by atoms with Crippen molar-refractivity contribution in [3.05, 3.63) is 95.6 Å². The van der Waals surface area contributed by atoms with Gasteiger partial charge in [-0.2, -0.15) is 0 Å². The van der Waals surface area contributed by atoms with Crippen LogP contribution in [0.5, 0.6) is 0 Å². The topological polar surface area (TPSA) is 162 Å². The van der Waals surface area contributed by atoms with E-state index >= 15 is 0 Å². The predicted octanol–water partition coefficient (Wildman–Crippen LogP) is 6.07. The maximum atomic E-state index is 14.8. The second-order valence-electron chi connectivity index (χ2n) is 17.1. The highest BCUT2D eigenvalue weighted by Gasteiger charge is 2.52. The summed E-state index contributed by atoms with van der Waals surface area (Å²) in [5.41, 5.74) is 4.01. The summed E-state index contributed by atoms with van der Waals surface area (Å²) in [6.45, 7) is 10.1. The molecular formula is C49H66N4O9. The first-order valence-corrected chi connectivity index (χ1v) is 21.9. The number of benzene rings is 3. The summed E-state index contributed by atoms with van der Waals surface area (Å²) >= 11 is 0. The Morgan fingerprint density at radius 2 is 1.45 bits per heavy atom. The third kappa shape index (κ3) is 10.6. The van der Waals surface area contributed by atoms with Crippen LogP contribution in [0.3, 0.4) is 0 Å². The highest BCUT2D eigenvalue weighted by Crippen LogP contribution is 2.44. The van der Waals surface area contributed by atoms with Crippen LogP contribution in [-0.4, -0.2) is 112 Å². The van der Waals surface area contributed by atoms with Gasteiger partial charge in [-0.15, -0.1) is 0 Å². The monoisotopic (exact) mass is 854 g/mol. The molecule has 5 rings (SSSR count). The second-order valence-corrected chi connectivity index (χ2v) is 17.1. The Kier molecular flexibility index (Phi) is 16.9. The lowest BCUT2D eigenvalue weighted by Gasteiger charge is -2.42. The van der Waals surface area contributed by atoms with Gasteiger partial charge < -0.3 is 39.8 Å². The van der Waals surface area contributed by atoms with Crippen LogP contribution in [0.2, 0.25) is 0 Å². The lowest BCUT2D eigenvalue weighted by Crippen LogP contribution is -2.63. The Balaban J connectivity index is 1.30. The van der Waals surface area contributed by atoms with Crippen molar-refractivity contribution < 1.29 is 42.9 Å². The minimum Gasteiger partial charge on any atom is -0.467 e. The van der Waals surface area contributed by atoms with E-state index in [9.17, 15) is 24.0 Å². The van der Waals surface area contributed by atoms with Gasteiger partial charge in [0.25, 0.3) is 0 Å². The molecule has 0 aromatic heterocycles. The number of likely N-dealkylation sites (N-methyl/N-ethyl adjacent to an activating group) is 1. The lowest BCUT2D eigenvalue weighted by molar-refractivity contribution is -0.149.